The molecular formula is C13H17O3. The molecule has 3 heteroatoms. The highest BCUT2D eigenvalue weighted by Gasteiger charge is 2.38. The van der Waals surface area contributed by atoms with Crippen molar-refractivity contribution in [2.24, 2.45) is 0 Å². The smallest absolute Gasteiger partial charge is 0.164 e. The number of hydrogen-bond donors (Lipinski definition) is 0. The summed E-state index contributed by atoms with van der Waals surface area (Å²) < 4.78 is 16.7. The first-order valence-corrected chi connectivity index (χ1v) is 5.39. The van der Waals surface area contributed by atoms with Crippen LogP contribution in [0.2, 0.25) is 0 Å². The van der Waals surface area contributed by atoms with E-state index in [1.165, 1.54) is 0 Å². The molecule has 0 aromatic heterocycles. The first-order chi connectivity index (χ1) is 7.62. The Morgan fingerprint density at radius 2 is 1.94 bits per heavy atom. The second kappa shape index (κ2) is 4.53. The van der Waals surface area contributed by atoms with Crippen molar-refractivity contribution in [3.8, 4) is 0 Å². The molecule has 0 N–H and O–H groups in total. The zero-order valence-corrected chi connectivity index (χ0v) is 9.84. The lowest BCUT2D eigenvalue weighted by Gasteiger charge is -2.23. The Morgan fingerprint density at radius 1 is 1.25 bits per heavy atom. The van der Waals surface area contributed by atoms with Gasteiger partial charge in [0.25, 0.3) is 0 Å². The number of ether oxygens (including phenoxy) is 3. The fourth-order valence-electron chi connectivity index (χ4n) is 1.85. The molecule has 87 valence electrons. The maximum Gasteiger partial charge on any atom is 0.164 e. The summed E-state index contributed by atoms with van der Waals surface area (Å²) in [7, 11) is 1.68. The standard InChI is InChI=1S/C13H17O3/c1-13(2)15-9-11(16-13)12(14-3)10-7-5-4-6-8-10/h4-9,11-12H,1-3H3/t11-,12?/m0/s1. The quantitative estimate of drug-likeness (QED) is 0.785. The second-order valence-electron chi connectivity index (χ2n) is 4.30. The number of benzene rings is 1. The molecule has 1 aromatic rings. The molecule has 1 fully saturated rings. The average molecular weight is 221 g/mol. The summed E-state index contributed by atoms with van der Waals surface area (Å²) >= 11 is 0. The van der Waals surface area contributed by atoms with Gasteiger partial charge in [0.05, 0.1) is 0 Å². The zero-order chi connectivity index (χ0) is 11.6. The van der Waals surface area contributed by atoms with E-state index >= 15 is 0 Å². The van der Waals surface area contributed by atoms with E-state index in [2.05, 4.69) is 0 Å². The van der Waals surface area contributed by atoms with Gasteiger partial charge in [0, 0.05) is 7.11 Å². The van der Waals surface area contributed by atoms with E-state index in [-0.39, 0.29) is 12.2 Å². The van der Waals surface area contributed by atoms with Crippen molar-refractivity contribution in [3.63, 3.8) is 0 Å². The van der Waals surface area contributed by atoms with E-state index in [1.54, 1.807) is 13.7 Å². The summed E-state index contributed by atoms with van der Waals surface area (Å²) in [6.45, 7) is 5.49. The van der Waals surface area contributed by atoms with Crippen LogP contribution in [0.4, 0.5) is 0 Å². The largest absolute Gasteiger partial charge is 0.374 e. The van der Waals surface area contributed by atoms with Crippen LogP contribution in [0.3, 0.4) is 0 Å². The van der Waals surface area contributed by atoms with Crippen molar-refractivity contribution in [1.29, 1.82) is 0 Å². The molecule has 0 saturated carbocycles. The molecule has 2 rings (SSSR count). The Balaban J connectivity index is 2.13. The maximum atomic E-state index is 5.75. The van der Waals surface area contributed by atoms with Crippen LogP contribution in [0.25, 0.3) is 0 Å². The van der Waals surface area contributed by atoms with E-state index in [4.69, 9.17) is 14.2 Å². The summed E-state index contributed by atoms with van der Waals surface area (Å²) in [5.74, 6) is -0.559. The third-order valence-corrected chi connectivity index (χ3v) is 2.59. The van der Waals surface area contributed by atoms with E-state index in [1.807, 2.05) is 44.2 Å². The molecule has 1 aliphatic rings. The van der Waals surface area contributed by atoms with Gasteiger partial charge in [0.15, 0.2) is 5.79 Å². The molecular weight excluding hydrogens is 204 g/mol. The van der Waals surface area contributed by atoms with E-state index in [0.29, 0.717) is 0 Å². The Morgan fingerprint density at radius 3 is 2.44 bits per heavy atom. The predicted octanol–water partition coefficient (Wildman–Crippen LogP) is 2.69. The van der Waals surface area contributed by atoms with E-state index < -0.39 is 5.79 Å². The van der Waals surface area contributed by atoms with Crippen molar-refractivity contribution in [1.82, 2.24) is 0 Å². The van der Waals surface area contributed by atoms with Crippen LogP contribution in [-0.4, -0.2) is 19.0 Å². The third-order valence-electron chi connectivity index (χ3n) is 2.59. The van der Waals surface area contributed by atoms with Gasteiger partial charge in [-0.3, -0.25) is 0 Å². The fraction of sp³-hybridized carbons (Fsp3) is 0.462. The molecule has 2 atom stereocenters. The Hall–Kier alpha value is -0.900. The van der Waals surface area contributed by atoms with Gasteiger partial charge in [-0.15, -0.1) is 0 Å². The van der Waals surface area contributed by atoms with Gasteiger partial charge in [-0.25, -0.2) is 0 Å². The molecule has 0 amide bonds. The first kappa shape index (κ1) is 11.6. The Kier molecular flexibility index (Phi) is 3.28. The molecule has 0 bridgehead atoms. The molecule has 1 saturated heterocycles. The minimum atomic E-state index is -0.559. The van der Waals surface area contributed by atoms with Crippen LogP contribution >= 0.6 is 0 Å². The number of hydrogen-bond acceptors (Lipinski definition) is 3. The van der Waals surface area contributed by atoms with Gasteiger partial charge in [-0.05, 0) is 19.4 Å². The Bertz CT molecular complexity index is 334. The van der Waals surface area contributed by atoms with Gasteiger partial charge in [0.2, 0.25) is 0 Å². The topological polar surface area (TPSA) is 27.7 Å². The van der Waals surface area contributed by atoms with Gasteiger partial charge < -0.3 is 14.2 Å². The molecule has 1 aliphatic heterocycles. The predicted molar refractivity (Wildman–Crippen MR) is 60.5 cm³/mol. The molecule has 1 heterocycles. The summed E-state index contributed by atoms with van der Waals surface area (Å²) in [5, 5.41) is 0. The summed E-state index contributed by atoms with van der Waals surface area (Å²) in [4.78, 5) is 0. The number of rotatable bonds is 3. The van der Waals surface area contributed by atoms with Gasteiger partial charge in [-0.2, -0.15) is 0 Å². The molecule has 1 radical (unpaired) electrons. The second-order valence-corrected chi connectivity index (χ2v) is 4.30. The lowest BCUT2D eigenvalue weighted by Crippen LogP contribution is -2.25. The highest BCUT2D eigenvalue weighted by Crippen LogP contribution is 2.34. The zero-order valence-electron chi connectivity index (χ0n) is 9.84. The molecule has 3 nitrogen and oxygen atoms in total. The average Bonchev–Trinajstić information content (AvgIpc) is 2.62. The van der Waals surface area contributed by atoms with Gasteiger partial charge in [-0.1, -0.05) is 30.3 Å². The van der Waals surface area contributed by atoms with Crippen molar-refractivity contribution in [3.05, 3.63) is 42.5 Å². The monoisotopic (exact) mass is 221 g/mol. The van der Waals surface area contributed by atoms with Gasteiger partial charge >= 0.3 is 0 Å². The van der Waals surface area contributed by atoms with E-state index in [9.17, 15) is 0 Å². The highest BCUT2D eigenvalue weighted by molar-refractivity contribution is 5.19. The van der Waals surface area contributed by atoms with Crippen molar-refractivity contribution in [2.45, 2.75) is 31.8 Å². The maximum absolute atomic E-state index is 5.75. The minimum Gasteiger partial charge on any atom is -0.374 e. The molecule has 0 spiro atoms. The molecule has 1 unspecified atom stereocenters. The van der Waals surface area contributed by atoms with Crippen LogP contribution in [0.15, 0.2) is 30.3 Å². The minimum absolute atomic E-state index is 0.122. The van der Waals surface area contributed by atoms with Crippen LogP contribution in [-0.2, 0) is 14.2 Å². The highest BCUT2D eigenvalue weighted by atomic mass is 16.7. The lowest BCUT2D eigenvalue weighted by molar-refractivity contribution is -0.152. The first-order valence-electron chi connectivity index (χ1n) is 5.39. The van der Waals surface area contributed by atoms with E-state index in [0.717, 1.165) is 5.56 Å². The third kappa shape index (κ3) is 2.43. The van der Waals surface area contributed by atoms with Crippen LogP contribution in [0, 0.1) is 6.61 Å². The van der Waals surface area contributed by atoms with Crippen molar-refractivity contribution in [2.75, 3.05) is 7.11 Å². The lowest BCUT2D eigenvalue weighted by atomic mass is 10.1. The van der Waals surface area contributed by atoms with Crippen LogP contribution in [0.1, 0.15) is 25.5 Å². The normalized spacial score (nSPS) is 25.6. The van der Waals surface area contributed by atoms with Crippen molar-refractivity contribution >= 4 is 0 Å². The summed E-state index contributed by atoms with van der Waals surface area (Å²) in [6.07, 6.45) is -0.287. The van der Waals surface area contributed by atoms with Gasteiger partial charge in [0.1, 0.15) is 18.8 Å². The SMILES string of the molecule is COC(c1ccccc1)[C@@H]1[CH]OC(C)(C)O1. The van der Waals surface area contributed by atoms with Crippen LogP contribution < -0.4 is 0 Å². The van der Waals surface area contributed by atoms with Crippen molar-refractivity contribution < 1.29 is 14.2 Å². The molecule has 1 aromatic carbocycles. The molecule has 0 aliphatic carbocycles. The Labute approximate surface area is 96.3 Å². The van der Waals surface area contributed by atoms with Crippen LogP contribution in [0.5, 0.6) is 0 Å². The fourth-order valence-corrected chi connectivity index (χ4v) is 1.85. The molecule has 16 heavy (non-hydrogen) atoms. The summed E-state index contributed by atoms with van der Waals surface area (Å²) in [5.41, 5.74) is 1.09. The summed E-state index contributed by atoms with van der Waals surface area (Å²) in [6, 6.07) is 10.0. The number of methoxy groups -OCH3 is 1.